The Hall–Kier alpha value is -0.570. The molecule has 20 heavy (non-hydrogen) atoms. The van der Waals surface area contributed by atoms with E-state index in [0.29, 0.717) is 17.9 Å². The van der Waals surface area contributed by atoms with Crippen molar-refractivity contribution in [3.8, 4) is 0 Å². The zero-order valence-corrected chi connectivity index (χ0v) is 13.9. The molecule has 1 N–H and O–H groups in total. The zero-order valence-electron chi connectivity index (χ0n) is 10.7. The van der Waals surface area contributed by atoms with Crippen LogP contribution in [0.3, 0.4) is 0 Å². The molecule has 0 bridgehead atoms. The molecular formula is C12H14BrN3O2S2. The van der Waals surface area contributed by atoms with Crippen molar-refractivity contribution in [3.63, 3.8) is 0 Å². The molecular weight excluding hydrogens is 362 g/mol. The van der Waals surface area contributed by atoms with E-state index in [-0.39, 0.29) is 10.3 Å². The predicted octanol–water partition coefficient (Wildman–Crippen LogP) is 3.26. The Morgan fingerprint density at radius 3 is 2.85 bits per heavy atom. The first-order valence-electron chi connectivity index (χ1n) is 6.33. The summed E-state index contributed by atoms with van der Waals surface area (Å²) < 4.78 is 35.8. The van der Waals surface area contributed by atoms with Crippen LogP contribution in [-0.2, 0) is 21.4 Å². The normalized spacial score (nSPS) is 18.6. The van der Waals surface area contributed by atoms with E-state index < -0.39 is 10.0 Å². The third kappa shape index (κ3) is 2.74. The second-order valence-electron chi connectivity index (χ2n) is 5.15. The number of rotatable bonds is 6. The van der Waals surface area contributed by atoms with Crippen molar-refractivity contribution in [2.45, 2.75) is 24.2 Å². The summed E-state index contributed by atoms with van der Waals surface area (Å²) in [7, 11) is -3.53. The zero-order chi connectivity index (χ0) is 14.2. The van der Waals surface area contributed by atoms with Crippen molar-refractivity contribution >= 4 is 48.7 Å². The van der Waals surface area contributed by atoms with Gasteiger partial charge in [0, 0.05) is 11.9 Å². The molecule has 1 aliphatic heterocycles. The largest absolute Gasteiger partial charge is 0.242 e. The Morgan fingerprint density at radius 2 is 2.15 bits per heavy atom. The van der Waals surface area contributed by atoms with Gasteiger partial charge in [-0.25, -0.2) is 13.1 Å². The minimum absolute atomic E-state index is 0.144. The van der Waals surface area contributed by atoms with Gasteiger partial charge in [0.2, 0.25) is 10.0 Å². The van der Waals surface area contributed by atoms with Crippen LogP contribution in [0.5, 0.6) is 0 Å². The van der Waals surface area contributed by atoms with E-state index in [4.69, 9.17) is 0 Å². The molecule has 5 nitrogen and oxygen atoms in total. The summed E-state index contributed by atoms with van der Waals surface area (Å²) in [5.74, 6) is 0. The Labute approximate surface area is 130 Å². The molecule has 1 saturated carbocycles. The van der Waals surface area contributed by atoms with Crippen molar-refractivity contribution in [3.05, 3.63) is 18.2 Å². The van der Waals surface area contributed by atoms with Crippen molar-refractivity contribution in [1.82, 2.24) is 4.72 Å². The highest BCUT2D eigenvalue weighted by Crippen LogP contribution is 2.48. The lowest BCUT2D eigenvalue weighted by Crippen LogP contribution is -2.30. The monoisotopic (exact) mass is 375 g/mol. The first-order valence-corrected chi connectivity index (χ1v) is 9.67. The number of nitrogens with one attached hydrogen (secondary N) is 1. The van der Waals surface area contributed by atoms with Crippen LogP contribution in [0.2, 0.25) is 0 Å². The number of nitrogens with zero attached hydrogens (tertiary/aromatic N) is 2. The lowest BCUT2D eigenvalue weighted by atomic mass is 10.1. The fraction of sp³-hybridized carbons (Fsp3) is 0.500. The number of hydrogen-bond donors (Lipinski definition) is 1. The summed E-state index contributed by atoms with van der Waals surface area (Å²) in [6.07, 6.45) is 3.17. The van der Waals surface area contributed by atoms with Gasteiger partial charge < -0.3 is 0 Å². The molecule has 1 aliphatic carbocycles. The summed E-state index contributed by atoms with van der Waals surface area (Å²) in [6.45, 7) is 0.495. The maximum Gasteiger partial charge on any atom is 0.242 e. The van der Waals surface area contributed by atoms with Gasteiger partial charge in [0.25, 0.3) is 0 Å². The average molecular weight is 376 g/mol. The first-order chi connectivity index (χ1) is 9.56. The van der Waals surface area contributed by atoms with Crippen molar-refractivity contribution in [2.24, 2.45) is 14.1 Å². The Balaban J connectivity index is 1.80. The van der Waals surface area contributed by atoms with E-state index in [0.717, 1.165) is 35.9 Å². The van der Waals surface area contributed by atoms with Gasteiger partial charge in [-0.1, -0.05) is 22.0 Å². The second kappa shape index (κ2) is 5.32. The molecule has 1 fully saturated rings. The summed E-state index contributed by atoms with van der Waals surface area (Å²) in [5, 5.41) is 0.903. The molecule has 1 aromatic carbocycles. The summed E-state index contributed by atoms with van der Waals surface area (Å²) in [5.41, 5.74) is 1.22. The maximum atomic E-state index is 12.4. The number of sulfonamides is 1. The maximum absolute atomic E-state index is 12.4. The molecule has 3 rings (SSSR count). The topological polar surface area (TPSA) is 70.9 Å². The van der Waals surface area contributed by atoms with Crippen LogP contribution < -0.4 is 4.72 Å². The molecule has 0 aromatic heterocycles. The van der Waals surface area contributed by atoms with E-state index in [1.54, 1.807) is 18.2 Å². The third-order valence-corrected chi connectivity index (χ3v) is 6.13. The Bertz CT molecular complexity index is 707. The van der Waals surface area contributed by atoms with Crippen LogP contribution in [0.4, 0.5) is 11.4 Å². The second-order valence-corrected chi connectivity index (χ2v) is 8.21. The predicted molar refractivity (Wildman–Crippen MR) is 83.2 cm³/mol. The summed E-state index contributed by atoms with van der Waals surface area (Å²) >= 11 is 4.45. The lowest BCUT2D eigenvalue weighted by Gasteiger charge is -2.15. The number of halogens is 1. The van der Waals surface area contributed by atoms with Gasteiger partial charge in [-0.3, -0.25) is 0 Å². The van der Waals surface area contributed by atoms with Crippen molar-refractivity contribution in [1.29, 1.82) is 0 Å². The van der Waals surface area contributed by atoms with Crippen LogP contribution in [0, 0.1) is 5.41 Å². The van der Waals surface area contributed by atoms with Gasteiger partial charge >= 0.3 is 0 Å². The molecule has 108 valence electrons. The van der Waals surface area contributed by atoms with E-state index in [1.165, 1.54) is 0 Å². The minimum Gasteiger partial charge on any atom is -0.211 e. The Kier molecular flexibility index (Phi) is 3.83. The quantitative estimate of drug-likeness (QED) is 0.787. The van der Waals surface area contributed by atoms with E-state index >= 15 is 0 Å². The molecule has 8 heteroatoms. The summed E-state index contributed by atoms with van der Waals surface area (Å²) in [4.78, 5) is 0.221. The molecule has 0 spiro atoms. The number of alkyl halides is 1. The van der Waals surface area contributed by atoms with Crippen molar-refractivity contribution in [2.75, 3.05) is 11.9 Å². The van der Waals surface area contributed by atoms with Gasteiger partial charge in [0.05, 0.1) is 11.4 Å². The Morgan fingerprint density at radius 1 is 1.35 bits per heavy atom. The van der Waals surface area contributed by atoms with Crippen LogP contribution in [-0.4, -0.2) is 20.3 Å². The molecule has 0 saturated heterocycles. The average Bonchev–Trinajstić information content (AvgIpc) is 3.02. The molecule has 0 atom stereocenters. The van der Waals surface area contributed by atoms with E-state index in [9.17, 15) is 8.42 Å². The van der Waals surface area contributed by atoms with Crippen LogP contribution in [0.25, 0.3) is 0 Å². The minimum atomic E-state index is -3.53. The fourth-order valence-electron chi connectivity index (χ4n) is 2.22. The van der Waals surface area contributed by atoms with Gasteiger partial charge in [-0.05, 0) is 36.8 Å². The van der Waals surface area contributed by atoms with Gasteiger partial charge in [0.1, 0.15) is 16.3 Å². The highest BCUT2D eigenvalue weighted by Gasteiger charge is 2.42. The highest BCUT2D eigenvalue weighted by molar-refractivity contribution is 9.09. The van der Waals surface area contributed by atoms with Crippen LogP contribution >= 0.6 is 15.9 Å². The number of benzene rings is 1. The molecule has 1 heterocycles. The smallest absolute Gasteiger partial charge is 0.211 e. The van der Waals surface area contributed by atoms with Gasteiger partial charge in [-0.15, -0.1) is 0 Å². The van der Waals surface area contributed by atoms with Gasteiger partial charge in [0.15, 0.2) is 0 Å². The standard InChI is InChI=1S/C12H14BrN3O2S2/c13-7-6-12(4-5-12)8-14-20(17,18)10-3-1-2-9-11(10)16-19-15-9/h1-3,14H,4-8H2. The summed E-state index contributed by atoms with van der Waals surface area (Å²) in [6, 6.07) is 5.05. The molecule has 0 unspecified atom stereocenters. The molecule has 1 aromatic rings. The van der Waals surface area contributed by atoms with Gasteiger partial charge in [-0.2, -0.15) is 8.73 Å². The number of hydrogen-bond acceptors (Lipinski definition) is 4. The van der Waals surface area contributed by atoms with Crippen molar-refractivity contribution < 1.29 is 8.42 Å². The molecule has 0 radical (unpaired) electrons. The van der Waals surface area contributed by atoms with E-state index in [1.807, 2.05) is 0 Å². The fourth-order valence-corrected chi connectivity index (χ4v) is 4.98. The van der Waals surface area contributed by atoms with Crippen LogP contribution in [0.1, 0.15) is 19.3 Å². The molecule has 0 amide bonds. The van der Waals surface area contributed by atoms with Crippen LogP contribution in [0.15, 0.2) is 31.8 Å². The van der Waals surface area contributed by atoms with E-state index in [2.05, 4.69) is 29.4 Å². The SMILES string of the molecule is O=S(=O)(NCC1(CCBr)CC1)c1cccc2c1N=S=N2. The highest BCUT2D eigenvalue weighted by atomic mass is 79.9. The molecule has 2 aliphatic rings. The first kappa shape index (κ1) is 14.4. The lowest BCUT2D eigenvalue weighted by molar-refractivity contribution is 0.480. The third-order valence-electron chi connectivity index (χ3n) is 3.76. The number of fused-ring (bicyclic) bond motifs is 1.